The summed E-state index contributed by atoms with van der Waals surface area (Å²) in [6, 6.07) is 8.31. The van der Waals surface area contributed by atoms with E-state index >= 15 is 0 Å². The van der Waals surface area contributed by atoms with Gasteiger partial charge in [0.15, 0.2) is 0 Å². The Morgan fingerprint density at radius 1 is 1.06 bits per heavy atom. The normalized spacial score (nSPS) is 12.4. The average Bonchev–Trinajstić information content (AvgIpc) is 2.35. The van der Waals surface area contributed by atoms with E-state index in [0.29, 0.717) is 0 Å². The lowest BCUT2D eigenvalue weighted by molar-refractivity contribution is 0.286. The van der Waals surface area contributed by atoms with Gasteiger partial charge in [0.2, 0.25) is 0 Å². The van der Waals surface area contributed by atoms with Crippen LogP contribution in [-0.4, -0.2) is 6.61 Å². The van der Waals surface area contributed by atoms with Gasteiger partial charge < -0.3 is 4.74 Å². The van der Waals surface area contributed by atoms with E-state index in [1.54, 1.807) is 0 Å². The second-order valence-corrected chi connectivity index (χ2v) is 4.87. The standard InChI is InChI=1S/C16H26O/c1-4-7-15(5-2)8-6-13-17-16-11-9-14(3)10-12-16/h9-12,15H,4-8,13H2,1-3H3. The first-order valence-electron chi connectivity index (χ1n) is 6.95. The molecule has 1 aromatic carbocycles. The van der Waals surface area contributed by atoms with Crippen molar-refractivity contribution in [3.8, 4) is 5.75 Å². The highest BCUT2D eigenvalue weighted by atomic mass is 16.5. The monoisotopic (exact) mass is 234 g/mol. The fraction of sp³-hybridized carbons (Fsp3) is 0.625. The van der Waals surface area contributed by atoms with E-state index in [2.05, 4.69) is 45.0 Å². The van der Waals surface area contributed by atoms with Gasteiger partial charge in [0.05, 0.1) is 6.61 Å². The quantitative estimate of drug-likeness (QED) is 0.576. The van der Waals surface area contributed by atoms with E-state index in [1.165, 1.54) is 37.7 Å². The summed E-state index contributed by atoms with van der Waals surface area (Å²) in [5.41, 5.74) is 1.28. The number of benzene rings is 1. The summed E-state index contributed by atoms with van der Waals surface area (Å²) in [7, 11) is 0. The van der Waals surface area contributed by atoms with E-state index in [4.69, 9.17) is 4.74 Å². The predicted octanol–water partition coefficient (Wildman–Crippen LogP) is 4.98. The number of ether oxygens (including phenoxy) is 1. The minimum absolute atomic E-state index is 0.850. The first-order chi connectivity index (χ1) is 8.26. The van der Waals surface area contributed by atoms with Gasteiger partial charge in [-0.1, -0.05) is 50.8 Å². The molecule has 0 saturated carbocycles. The molecule has 0 N–H and O–H groups in total. The Morgan fingerprint density at radius 3 is 2.35 bits per heavy atom. The van der Waals surface area contributed by atoms with Crippen LogP contribution in [0.4, 0.5) is 0 Å². The third-order valence-electron chi connectivity index (χ3n) is 3.32. The van der Waals surface area contributed by atoms with Crippen LogP contribution in [0.5, 0.6) is 5.75 Å². The molecule has 1 atom stereocenters. The lowest BCUT2D eigenvalue weighted by Crippen LogP contribution is -2.03. The fourth-order valence-electron chi connectivity index (χ4n) is 2.16. The van der Waals surface area contributed by atoms with Crippen LogP contribution in [0.2, 0.25) is 0 Å². The molecule has 0 spiro atoms. The molecular weight excluding hydrogens is 208 g/mol. The van der Waals surface area contributed by atoms with Gasteiger partial charge >= 0.3 is 0 Å². The predicted molar refractivity (Wildman–Crippen MR) is 74.6 cm³/mol. The maximum atomic E-state index is 5.73. The molecule has 1 unspecified atom stereocenters. The van der Waals surface area contributed by atoms with Crippen LogP contribution in [-0.2, 0) is 0 Å². The summed E-state index contributed by atoms with van der Waals surface area (Å²) >= 11 is 0. The molecule has 0 heterocycles. The Hall–Kier alpha value is -0.980. The highest BCUT2D eigenvalue weighted by Crippen LogP contribution is 2.18. The van der Waals surface area contributed by atoms with Gasteiger partial charge in [-0.15, -0.1) is 0 Å². The summed E-state index contributed by atoms with van der Waals surface area (Å²) in [4.78, 5) is 0. The first kappa shape index (κ1) is 14.1. The zero-order valence-corrected chi connectivity index (χ0v) is 11.5. The zero-order valence-electron chi connectivity index (χ0n) is 11.5. The van der Waals surface area contributed by atoms with Crippen LogP contribution in [0.25, 0.3) is 0 Å². The smallest absolute Gasteiger partial charge is 0.119 e. The van der Waals surface area contributed by atoms with Crippen molar-refractivity contribution >= 4 is 0 Å². The zero-order chi connectivity index (χ0) is 12.5. The third kappa shape index (κ3) is 5.76. The lowest BCUT2D eigenvalue weighted by atomic mass is 9.96. The summed E-state index contributed by atoms with van der Waals surface area (Å²) in [6.07, 6.45) is 6.44. The van der Waals surface area contributed by atoms with Gasteiger partial charge in [-0.3, -0.25) is 0 Å². The Labute approximate surface area is 106 Å². The van der Waals surface area contributed by atoms with Crippen LogP contribution in [0, 0.1) is 12.8 Å². The van der Waals surface area contributed by atoms with Crippen LogP contribution in [0.3, 0.4) is 0 Å². The molecule has 1 rings (SSSR count). The highest BCUT2D eigenvalue weighted by Gasteiger charge is 2.04. The second-order valence-electron chi connectivity index (χ2n) is 4.87. The molecule has 1 nitrogen and oxygen atoms in total. The molecule has 0 aliphatic carbocycles. The lowest BCUT2D eigenvalue weighted by Gasteiger charge is -2.13. The molecular formula is C16H26O. The number of hydrogen-bond donors (Lipinski definition) is 0. The van der Waals surface area contributed by atoms with Gasteiger partial charge in [0, 0.05) is 0 Å². The van der Waals surface area contributed by atoms with E-state index in [-0.39, 0.29) is 0 Å². The molecule has 0 aliphatic heterocycles. The van der Waals surface area contributed by atoms with E-state index in [9.17, 15) is 0 Å². The van der Waals surface area contributed by atoms with Crippen LogP contribution < -0.4 is 4.74 Å². The first-order valence-corrected chi connectivity index (χ1v) is 6.95. The van der Waals surface area contributed by atoms with Crippen molar-refractivity contribution in [2.45, 2.75) is 52.9 Å². The minimum atomic E-state index is 0.850. The van der Waals surface area contributed by atoms with Crippen molar-refractivity contribution in [1.82, 2.24) is 0 Å². The molecule has 17 heavy (non-hydrogen) atoms. The Bertz CT molecular complexity index is 289. The van der Waals surface area contributed by atoms with Gasteiger partial charge in [-0.2, -0.15) is 0 Å². The van der Waals surface area contributed by atoms with E-state index in [0.717, 1.165) is 18.3 Å². The van der Waals surface area contributed by atoms with Gasteiger partial charge in [0.1, 0.15) is 5.75 Å². The molecule has 0 aliphatic rings. The van der Waals surface area contributed by atoms with Crippen molar-refractivity contribution < 1.29 is 4.74 Å². The molecule has 1 aromatic rings. The number of aryl methyl sites for hydroxylation is 1. The van der Waals surface area contributed by atoms with Crippen LogP contribution >= 0.6 is 0 Å². The minimum Gasteiger partial charge on any atom is -0.494 e. The maximum Gasteiger partial charge on any atom is 0.119 e. The topological polar surface area (TPSA) is 9.23 Å². The van der Waals surface area contributed by atoms with Gasteiger partial charge in [-0.25, -0.2) is 0 Å². The second kappa shape index (κ2) is 8.16. The number of hydrogen-bond acceptors (Lipinski definition) is 1. The van der Waals surface area contributed by atoms with Crippen molar-refractivity contribution in [1.29, 1.82) is 0 Å². The summed E-state index contributed by atoms with van der Waals surface area (Å²) < 4.78 is 5.73. The summed E-state index contributed by atoms with van der Waals surface area (Å²) in [6.45, 7) is 7.51. The SMILES string of the molecule is CCCC(CC)CCCOc1ccc(C)cc1. The molecule has 1 heteroatoms. The molecule has 0 saturated heterocycles. The molecule has 0 fully saturated rings. The molecule has 0 amide bonds. The van der Waals surface area contributed by atoms with Crippen molar-refractivity contribution in [3.05, 3.63) is 29.8 Å². The molecule has 0 bridgehead atoms. The van der Waals surface area contributed by atoms with E-state index < -0.39 is 0 Å². The van der Waals surface area contributed by atoms with Crippen LogP contribution in [0.1, 0.15) is 51.5 Å². The average molecular weight is 234 g/mol. The van der Waals surface area contributed by atoms with Gasteiger partial charge in [0.25, 0.3) is 0 Å². The van der Waals surface area contributed by atoms with Crippen molar-refractivity contribution in [3.63, 3.8) is 0 Å². The Morgan fingerprint density at radius 2 is 1.76 bits per heavy atom. The highest BCUT2D eigenvalue weighted by molar-refractivity contribution is 5.26. The summed E-state index contributed by atoms with van der Waals surface area (Å²) in [5.74, 6) is 1.89. The van der Waals surface area contributed by atoms with Crippen molar-refractivity contribution in [2.75, 3.05) is 6.61 Å². The molecule has 0 aromatic heterocycles. The summed E-state index contributed by atoms with van der Waals surface area (Å²) in [5, 5.41) is 0. The Balaban J connectivity index is 2.17. The van der Waals surface area contributed by atoms with Gasteiger partial charge in [-0.05, 0) is 37.8 Å². The third-order valence-corrected chi connectivity index (χ3v) is 3.32. The fourth-order valence-corrected chi connectivity index (χ4v) is 2.16. The van der Waals surface area contributed by atoms with E-state index in [1.807, 2.05) is 0 Å². The largest absolute Gasteiger partial charge is 0.494 e. The number of rotatable bonds is 8. The van der Waals surface area contributed by atoms with Crippen LogP contribution in [0.15, 0.2) is 24.3 Å². The van der Waals surface area contributed by atoms with Crippen molar-refractivity contribution in [2.24, 2.45) is 5.92 Å². The molecule has 0 radical (unpaired) electrons. The Kier molecular flexibility index (Phi) is 6.76. The maximum absolute atomic E-state index is 5.73. The molecule has 96 valence electrons.